The largest absolute Gasteiger partial charge is 0.325 e. The fraction of sp³-hybridized carbons (Fsp3) is 0.150. The van der Waals surface area contributed by atoms with Crippen molar-refractivity contribution >= 4 is 39.2 Å². The molecule has 3 amide bonds. The van der Waals surface area contributed by atoms with Crippen LogP contribution < -0.4 is 5.32 Å². The maximum absolute atomic E-state index is 13.2. The van der Waals surface area contributed by atoms with Gasteiger partial charge in [-0.25, -0.2) is 14.2 Å². The molecule has 1 fully saturated rings. The second kappa shape index (κ2) is 7.10. The molecule has 0 saturated carbocycles. The Balaban J connectivity index is 1.56. The molecule has 28 heavy (non-hydrogen) atoms. The van der Waals surface area contributed by atoms with E-state index in [2.05, 4.69) is 26.2 Å². The van der Waals surface area contributed by atoms with Crippen LogP contribution in [0.4, 0.5) is 9.18 Å². The van der Waals surface area contributed by atoms with E-state index in [0.29, 0.717) is 11.3 Å². The van der Waals surface area contributed by atoms with E-state index in [4.69, 9.17) is 0 Å². The number of imide groups is 1. The fourth-order valence-electron chi connectivity index (χ4n) is 3.12. The van der Waals surface area contributed by atoms with Gasteiger partial charge < -0.3 is 5.32 Å². The average Bonchev–Trinajstić information content (AvgIpc) is 3.22. The third-order valence-electron chi connectivity index (χ3n) is 4.64. The van der Waals surface area contributed by atoms with Gasteiger partial charge in [0.05, 0.1) is 12.2 Å². The zero-order chi connectivity index (χ0) is 19.9. The van der Waals surface area contributed by atoms with Gasteiger partial charge in [0.25, 0.3) is 5.91 Å². The van der Waals surface area contributed by atoms with Crippen molar-refractivity contribution < 1.29 is 14.0 Å². The standard InChI is InChI=1S/C20H15BrFN3O2S/c1-20(13-5-7-15(22)8-6-13)18(26)25(19(27)24-20)10-16-11-28-17(23-16)12-3-2-4-14(21)9-12/h2-9,11H,10H2,1H3,(H,24,27). The van der Waals surface area contributed by atoms with Crippen molar-refractivity contribution in [1.82, 2.24) is 15.2 Å². The minimum absolute atomic E-state index is 0.0754. The van der Waals surface area contributed by atoms with E-state index in [-0.39, 0.29) is 12.5 Å². The minimum Gasteiger partial charge on any atom is -0.319 e. The maximum atomic E-state index is 13.2. The monoisotopic (exact) mass is 459 g/mol. The molecule has 0 bridgehead atoms. The predicted molar refractivity (Wildman–Crippen MR) is 108 cm³/mol. The lowest BCUT2D eigenvalue weighted by Gasteiger charge is -2.22. The Hall–Kier alpha value is -2.58. The van der Waals surface area contributed by atoms with Crippen molar-refractivity contribution in [2.45, 2.75) is 19.0 Å². The van der Waals surface area contributed by atoms with Crippen LogP contribution in [-0.4, -0.2) is 21.8 Å². The number of aromatic nitrogens is 1. The Morgan fingerprint density at radius 1 is 1.21 bits per heavy atom. The lowest BCUT2D eigenvalue weighted by molar-refractivity contribution is -0.131. The number of nitrogens with zero attached hydrogens (tertiary/aromatic N) is 2. The van der Waals surface area contributed by atoms with Crippen molar-refractivity contribution in [2.24, 2.45) is 0 Å². The van der Waals surface area contributed by atoms with E-state index >= 15 is 0 Å². The van der Waals surface area contributed by atoms with Crippen molar-refractivity contribution in [2.75, 3.05) is 0 Å². The van der Waals surface area contributed by atoms with Crippen LogP contribution in [0.2, 0.25) is 0 Å². The second-order valence-corrected chi connectivity index (χ2v) is 8.38. The summed E-state index contributed by atoms with van der Waals surface area (Å²) in [6, 6.07) is 12.8. The molecule has 1 N–H and O–H groups in total. The van der Waals surface area contributed by atoms with Crippen molar-refractivity contribution in [3.8, 4) is 10.6 Å². The molecule has 1 aromatic heterocycles. The molecular formula is C20H15BrFN3O2S. The summed E-state index contributed by atoms with van der Waals surface area (Å²) in [4.78, 5) is 31.1. The number of carbonyl (C=O) groups excluding carboxylic acids is 2. The van der Waals surface area contributed by atoms with Crippen LogP contribution in [0.5, 0.6) is 0 Å². The Morgan fingerprint density at radius 2 is 1.96 bits per heavy atom. The summed E-state index contributed by atoms with van der Waals surface area (Å²) in [5.41, 5.74) is 0.891. The zero-order valence-electron chi connectivity index (χ0n) is 14.8. The Kier molecular flexibility index (Phi) is 4.76. The highest BCUT2D eigenvalue weighted by Crippen LogP contribution is 2.31. The molecule has 1 aliphatic heterocycles. The van der Waals surface area contributed by atoms with Gasteiger partial charge in [0.15, 0.2) is 0 Å². The summed E-state index contributed by atoms with van der Waals surface area (Å²) in [5, 5.41) is 5.36. The number of benzene rings is 2. The van der Waals surface area contributed by atoms with E-state index in [9.17, 15) is 14.0 Å². The van der Waals surface area contributed by atoms with Crippen LogP contribution in [0.1, 0.15) is 18.2 Å². The molecule has 4 rings (SSSR count). The SMILES string of the molecule is CC1(c2ccc(F)cc2)NC(=O)N(Cc2csc(-c3cccc(Br)c3)n2)C1=O. The Bertz CT molecular complexity index is 1070. The molecule has 2 aromatic carbocycles. The van der Waals surface area contributed by atoms with Crippen LogP contribution in [0, 0.1) is 5.82 Å². The zero-order valence-corrected chi connectivity index (χ0v) is 17.2. The van der Waals surface area contributed by atoms with E-state index in [1.807, 2.05) is 29.6 Å². The molecule has 1 saturated heterocycles. The molecule has 0 spiro atoms. The maximum Gasteiger partial charge on any atom is 0.325 e. The third kappa shape index (κ3) is 3.33. The molecule has 3 aromatic rings. The summed E-state index contributed by atoms with van der Waals surface area (Å²) in [6.45, 7) is 1.69. The molecule has 1 atom stereocenters. The topological polar surface area (TPSA) is 62.3 Å². The summed E-state index contributed by atoms with van der Waals surface area (Å²) < 4.78 is 14.2. The first kappa shape index (κ1) is 18.8. The molecule has 5 nitrogen and oxygen atoms in total. The second-order valence-electron chi connectivity index (χ2n) is 6.61. The quantitative estimate of drug-likeness (QED) is 0.576. The molecule has 1 unspecified atom stereocenters. The van der Waals surface area contributed by atoms with Crippen molar-refractivity contribution in [1.29, 1.82) is 0 Å². The number of halogens is 2. The highest BCUT2D eigenvalue weighted by Gasteiger charge is 2.49. The van der Waals surface area contributed by atoms with Crippen molar-refractivity contribution in [3.63, 3.8) is 0 Å². The molecule has 1 aliphatic rings. The van der Waals surface area contributed by atoms with Crippen LogP contribution in [0.25, 0.3) is 10.6 Å². The smallest absolute Gasteiger partial charge is 0.319 e. The summed E-state index contributed by atoms with van der Waals surface area (Å²) in [7, 11) is 0. The highest BCUT2D eigenvalue weighted by molar-refractivity contribution is 9.10. The molecule has 2 heterocycles. The number of thiazole rings is 1. The summed E-state index contributed by atoms with van der Waals surface area (Å²) >= 11 is 4.89. The number of hydrogen-bond donors (Lipinski definition) is 1. The van der Waals surface area contributed by atoms with Crippen LogP contribution in [0.15, 0.2) is 58.4 Å². The van der Waals surface area contributed by atoms with Gasteiger partial charge in [-0.2, -0.15) is 0 Å². The minimum atomic E-state index is -1.23. The van der Waals surface area contributed by atoms with E-state index in [1.165, 1.54) is 35.6 Å². The first-order valence-corrected chi connectivity index (χ1v) is 10.1. The van der Waals surface area contributed by atoms with Gasteiger partial charge >= 0.3 is 6.03 Å². The number of amides is 3. The predicted octanol–water partition coefficient (Wildman–Crippen LogP) is 4.68. The Labute approximate surface area is 173 Å². The normalized spacial score (nSPS) is 19.2. The van der Waals surface area contributed by atoms with Crippen LogP contribution >= 0.6 is 27.3 Å². The molecule has 0 aliphatic carbocycles. The highest BCUT2D eigenvalue weighted by atomic mass is 79.9. The van der Waals surface area contributed by atoms with E-state index in [0.717, 1.165) is 19.9 Å². The number of rotatable bonds is 4. The summed E-state index contributed by atoms with van der Waals surface area (Å²) in [5.74, 6) is -0.787. The van der Waals surface area contributed by atoms with Crippen LogP contribution in [0.3, 0.4) is 0 Å². The van der Waals surface area contributed by atoms with Crippen LogP contribution in [-0.2, 0) is 16.9 Å². The number of hydrogen-bond acceptors (Lipinski definition) is 4. The van der Waals surface area contributed by atoms with Gasteiger partial charge in [0, 0.05) is 15.4 Å². The first-order chi connectivity index (χ1) is 13.4. The average molecular weight is 460 g/mol. The molecular weight excluding hydrogens is 445 g/mol. The van der Waals surface area contributed by atoms with E-state index < -0.39 is 17.4 Å². The lowest BCUT2D eigenvalue weighted by atomic mass is 9.92. The number of carbonyl (C=O) groups is 2. The molecule has 0 radical (unpaired) electrons. The van der Waals surface area contributed by atoms with E-state index in [1.54, 1.807) is 6.92 Å². The molecule has 8 heteroatoms. The fourth-order valence-corrected chi connectivity index (χ4v) is 4.32. The van der Waals surface area contributed by atoms with Gasteiger partial charge in [-0.1, -0.05) is 40.2 Å². The number of nitrogens with one attached hydrogen (secondary N) is 1. The third-order valence-corrected chi connectivity index (χ3v) is 6.07. The molecule has 142 valence electrons. The van der Waals surface area contributed by atoms with Gasteiger partial charge in [-0.05, 0) is 36.8 Å². The lowest BCUT2D eigenvalue weighted by Crippen LogP contribution is -2.40. The van der Waals surface area contributed by atoms with Gasteiger partial charge in [0.2, 0.25) is 0 Å². The van der Waals surface area contributed by atoms with Gasteiger partial charge in [-0.3, -0.25) is 9.69 Å². The van der Waals surface area contributed by atoms with Crippen molar-refractivity contribution in [3.05, 3.63) is 75.5 Å². The Morgan fingerprint density at radius 3 is 2.68 bits per heavy atom. The van der Waals surface area contributed by atoms with Gasteiger partial charge in [-0.15, -0.1) is 11.3 Å². The van der Waals surface area contributed by atoms with Gasteiger partial charge in [0.1, 0.15) is 16.4 Å². The first-order valence-electron chi connectivity index (χ1n) is 8.47. The number of urea groups is 1. The summed E-state index contributed by atoms with van der Waals surface area (Å²) in [6.07, 6.45) is 0.